The molecule has 2 N–H and O–H groups in total. The lowest BCUT2D eigenvalue weighted by atomic mass is 10.1. The van der Waals surface area contributed by atoms with Crippen molar-refractivity contribution in [3.8, 4) is 5.75 Å². The zero-order valence-electron chi connectivity index (χ0n) is 14.2. The Bertz CT molecular complexity index is 724. The molecule has 0 spiro atoms. The molecular formula is C19H22N2O3. The molecule has 5 nitrogen and oxygen atoms in total. The van der Waals surface area contributed by atoms with Gasteiger partial charge in [0.05, 0.1) is 13.5 Å². The van der Waals surface area contributed by atoms with Gasteiger partial charge in [-0.1, -0.05) is 25.1 Å². The van der Waals surface area contributed by atoms with E-state index in [9.17, 15) is 9.59 Å². The lowest BCUT2D eigenvalue weighted by Gasteiger charge is -2.13. The zero-order chi connectivity index (χ0) is 17.5. The minimum Gasteiger partial charge on any atom is -0.497 e. The summed E-state index contributed by atoms with van der Waals surface area (Å²) in [4.78, 5) is 23.8. The number of hydrogen-bond acceptors (Lipinski definition) is 3. The smallest absolute Gasteiger partial charge is 0.228 e. The molecule has 24 heavy (non-hydrogen) atoms. The molecule has 0 atom stereocenters. The van der Waals surface area contributed by atoms with E-state index in [1.54, 1.807) is 20.1 Å². The molecule has 0 bridgehead atoms. The Morgan fingerprint density at radius 3 is 2.08 bits per heavy atom. The highest BCUT2D eigenvalue weighted by molar-refractivity contribution is 5.96. The molecule has 5 heteroatoms. The van der Waals surface area contributed by atoms with Crippen LogP contribution in [0.4, 0.5) is 11.4 Å². The van der Waals surface area contributed by atoms with Gasteiger partial charge in [-0.3, -0.25) is 9.59 Å². The molecule has 0 saturated heterocycles. The Hall–Kier alpha value is -2.82. The maximum absolute atomic E-state index is 12.2. The third kappa shape index (κ3) is 4.59. The first kappa shape index (κ1) is 17.5. The predicted molar refractivity (Wildman–Crippen MR) is 95.4 cm³/mol. The first-order chi connectivity index (χ1) is 11.5. The lowest BCUT2D eigenvalue weighted by molar-refractivity contribution is -0.116. The van der Waals surface area contributed by atoms with Crippen molar-refractivity contribution in [2.45, 2.75) is 26.7 Å². The molecule has 0 saturated carbocycles. The summed E-state index contributed by atoms with van der Waals surface area (Å²) >= 11 is 0. The maximum atomic E-state index is 12.2. The molecule has 2 aromatic rings. The molecule has 0 aliphatic carbocycles. The summed E-state index contributed by atoms with van der Waals surface area (Å²) in [7, 11) is 1.61. The van der Waals surface area contributed by atoms with Crippen LogP contribution in [-0.4, -0.2) is 18.9 Å². The van der Waals surface area contributed by atoms with Crippen molar-refractivity contribution in [2.75, 3.05) is 17.7 Å². The Morgan fingerprint density at radius 1 is 0.958 bits per heavy atom. The van der Waals surface area contributed by atoms with Gasteiger partial charge >= 0.3 is 0 Å². The molecule has 126 valence electrons. The molecule has 2 aromatic carbocycles. The number of nitrogens with one attached hydrogen (secondary N) is 2. The van der Waals surface area contributed by atoms with Gasteiger partial charge in [-0.15, -0.1) is 0 Å². The molecule has 0 radical (unpaired) electrons. The van der Waals surface area contributed by atoms with Gasteiger partial charge in [-0.2, -0.15) is 0 Å². The van der Waals surface area contributed by atoms with E-state index in [1.807, 2.05) is 43.3 Å². The monoisotopic (exact) mass is 326 g/mol. The number of benzene rings is 2. The molecule has 0 aliphatic heterocycles. The second-order valence-corrected chi connectivity index (χ2v) is 5.45. The van der Waals surface area contributed by atoms with Crippen LogP contribution >= 0.6 is 0 Å². The van der Waals surface area contributed by atoms with E-state index in [0.29, 0.717) is 17.8 Å². The van der Waals surface area contributed by atoms with Crippen LogP contribution in [0, 0.1) is 6.92 Å². The Balaban J connectivity index is 2.05. The minimum absolute atomic E-state index is 0.0557. The standard InChI is InChI=1S/C19H22N2O3/c1-4-18(22)20-16-6-5-7-17(13(16)2)21-19(23)12-14-8-10-15(24-3)11-9-14/h5-11H,4,12H2,1-3H3,(H,20,22)(H,21,23). The van der Waals surface area contributed by atoms with Crippen LogP contribution in [0.25, 0.3) is 0 Å². The molecule has 0 aromatic heterocycles. The van der Waals surface area contributed by atoms with Gasteiger partial charge in [0.2, 0.25) is 11.8 Å². The van der Waals surface area contributed by atoms with Crippen molar-refractivity contribution < 1.29 is 14.3 Å². The number of methoxy groups -OCH3 is 1. The van der Waals surface area contributed by atoms with Crippen molar-refractivity contribution >= 4 is 23.2 Å². The summed E-state index contributed by atoms with van der Waals surface area (Å²) in [5, 5.41) is 5.73. The largest absolute Gasteiger partial charge is 0.497 e. The molecule has 2 rings (SSSR count). The summed E-state index contributed by atoms with van der Waals surface area (Å²) in [6.07, 6.45) is 0.683. The van der Waals surface area contributed by atoms with Crippen LogP contribution in [0.2, 0.25) is 0 Å². The molecule has 0 fully saturated rings. The van der Waals surface area contributed by atoms with E-state index in [4.69, 9.17) is 4.74 Å². The van der Waals surface area contributed by atoms with Gasteiger partial charge < -0.3 is 15.4 Å². The number of ether oxygens (including phenoxy) is 1. The topological polar surface area (TPSA) is 67.4 Å². The van der Waals surface area contributed by atoms with E-state index in [1.165, 1.54) is 0 Å². The lowest BCUT2D eigenvalue weighted by Crippen LogP contribution is -2.16. The van der Waals surface area contributed by atoms with E-state index < -0.39 is 0 Å². The zero-order valence-corrected chi connectivity index (χ0v) is 14.2. The predicted octanol–water partition coefficient (Wildman–Crippen LogP) is 3.53. The van der Waals surface area contributed by atoms with Crippen molar-refractivity contribution in [3.05, 3.63) is 53.6 Å². The second-order valence-electron chi connectivity index (χ2n) is 5.45. The van der Waals surface area contributed by atoms with Gasteiger partial charge in [0.1, 0.15) is 5.75 Å². The third-order valence-electron chi connectivity index (χ3n) is 3.73. The molecule has 2 amide bonds. The average Bonchev–Trinajstić information content (AvgIpc) is 2.59. The molecular weight excluding hydrogens is 304 g/mol. The number of anilines is 2. The fourth-order valence-electron chi connectivity index (χ4n) is 2.27. The van der Waals surface area contributed by atoms with Crippen molar-refractivity contribution in [3.63, 3.8) is 0 Å². The van der Waals surface area contributed by atoms with Crippen LogP contribution in [0.3, 0.4) is 0 Å². The van der Waals surface area contributed by atoms with Gasteiger partial charge in [-0.05, 0) is 42.3 Å². The SMILES string of the molecule is CCC(=O)Nc1cccc(NC(=O)Cc2ccc(OC)cc2)c1C. The van der Waals surface area contributed by atoms with Crippen molar-refractivity contribution in [1.29, 1.82) is 0 Å². The van der Waals surface area contributed by atoms with E-state index in [0.717, 1.165) is 16.9 Å². The third-order valence-corrected chi connectivity index (χ3v) is 3.73. The fourth-order valence-corrected chi connectivity index (χ4v) is 2.27. The van der Waals surface area contributed by atoms with Crippen LogP contribution in [0.15, 0.2) is 42.5 Å². The Labute approximate surface area is 142 Å². The Kier molecular flexibility index (Phi) is 5.95. The van der Waals surface area contributed by atoms with Crippen LogP contribution in [0.5, 0.6) is 5.75 Å². The van der Waals surface area contributed by atoms with Gasteiger partial charge in [0, 0.05) is 17.8 Å². The molecule has 0 aliphatic rings. The number of rotatable bonds is 6. The van der Waals surface area contributed by atoms with Crippen LogP contribution < -0.4 is 15.4 Å². The van der Waals surface area contributed by atoms with Gasteiger partial charge in [-0.25, -0.2) is 0 Å². The van der Waals surface area contributed by atoms with Gasteiger partial charge in [0.25, 0.3) is 0 Å². The number of carbonyl (C=O) groups is 2. The normalized spacial score (nSPS) is 10.1. The summed E-state index contributed by atoms with van der Waals surface area (Å²) in [5.74, 6) is 0.594. The second kappa shape index (κ2) is 8.15. The summed E-state index contributed by atoms with van der Waals surface area (Å²) in [5.41, 5.74) is 3.15. The van der Waals surface area contributed by atoms with Gasteiger partial charge in [0.15, 0.2) is 0 Å². The van der Waals surface area contributed by atoms with E-state index >= 15 is 0 Å². The number of hydrogen-bond donors (Lipinski definition) is 2. The number of carbonyl (C=O) groups excluding carboxylic acids is 2. The first-order valence-electron chi connectivity index (χ1n) is 7.85. The Morgan fingerprint density at radius 2 is 1.54 bits per heavy atom. The minimum atomic E-state index is -0.109. The number of amides is 2. The molecule has 0 unspecified atom stereocenters. The summed E-state index contributed by atoms with van der Waals surface area (Å²) < 4.78 is 5.10. The summed E-state index contributed by atoms with van der Waals surface area (Å²) in [6.45, 7) is 3.67. The fraction of sp³-hybridized carbons (Fsp3) is 0.263. The highest BCUT2D eigenvalue weighted by Gasteiger charge is 2.10. The first-order valence-corrected chi connectivity index (χ1v) is 7.85. The van der Waals surface area contributed by atoms with Crippen LogP contribution in [0.1, 0.15) is 24.5 Å². The van der Waals surface area contributed by atoms with E-state index in [2.05, 4.69) is 10.6 Å². The maximum Gasteiger partial charge on any atom is 0.228 e. The van der Waals surface area contributed by atoms with Crippen molar-refractivity contribution in [1.82, 2.24) is 0 Å². The highest BCUT2D eigenvalue weighted by atomic mass is 16.5. The van der Waals surface area contributed by atoms with E-state index in [-0.39, 0.29) is 18.2 Å². The quantitative estimate of drug-likeness (QED) is 0.853. The average molecular weight is 326 g/mol. The molecule has 0 heterocycles. The van der Waals surface area contributed by atoms with Crippen LogP contribution in [-0.2, 0) is 16.0 Å². The highest BCUT2D eigenvalue weighted by Crippen LogP contribution is 2.23. The summed E-state index contributed by atoms with van der Waals surface area (Å²) in [6, 6.07) is 12.8. The van der Waals surface area contributed by atoms with Crippen molar-refractivity contribution in [2.24, 2.45) is 0 Å².